The zero-order valence-electron chi connectivity index (χ0n) is 13.2. The molecule has 0 saturated carbocycles. The van der Waals surface area contributed by atoms with Crippen molar-refractivity contribution in [2.45, 2.75) is 4.90 Å². The quantitative estimate of drug-likeness (QED) is 0.315. The van der Waals surface area contributed by atoms with Crippen LogP contribution in [-0.2, 0) is 0 Å². The molecule has 0 fully saturated rings. The third-order valence-corrected chi connectivity index (χ3v) is 5.79. The van der Waals surface area contributed by atoms with Crippen molar-refractivity contribution in [3.63, 3.8) is 0 Å². The first-order valence-corrected chi connectivity index (χ1v) is 10.1. The lowest BCUT2D eigenvalue weighted by Gasteiger charge is -2.06. The third kappa shape index (κ3) is 5.02. The standard InChI is InChI=1S/C21H14BrNS2/c22-19-10-12-20(13-11-19)24-14-21(25-15-23)18-8-6-17(7-9-18)16-4-2-1-3-5-16/h1-14H/b21-14+. The predicted molar refractivity (Wildman–Crippen MR) is 113 cm³/mol. The highest BCUT2D eigenvalue weighted by Crippen LogP contribution is 2.33. The summed E-state index contributed by atoms with van der Waals surface area (Å²) in [6.45, 7) is 0. The highest BCUT2D eigenvalue weighted by Gasteiger charge is 2.04. The Bertz CT molecular complexity index is 895. The molecule has 4 heteroatoms. The number of nitrogens with zero attached hydrogens (tertiary/aromatic N) is 1. The maximum absolute atomic E-state index is 9.12. The van der Waals surface area contributed by atoms with Gasteiger partial charge in [-0.1, -0.05) is 82.3 Å². The van der Waals surface area contributed by atoms with Gasteiger partial charge in [-0.05, 0) is 58.1 Å². The molecule has 0 aliphatic heterocycles. The molecule has 25 heavy (non-hydrogen) atoms. The van der Waals surface area contributed by atoms with E-state index in [-0.39, 0.29) is 0 Å². The minimum Gasteiger partial charge on any atom is -0.185 e. The van der Waals surface area contributed by atoms with Crippen LogP contribution >= 0.6 is 39.5 Å². The van der Waals surface area contributed by atoms with Crippen LogP contribution in [-0.4, -0.2) is 0 Å². The maximum atomic E-state index is 9.12. The lowest BCUT2D eigenvalue weighted by Crippen LogP contribution is -1.81. The summed E-state index contributed by atoms with van der Waals surface area (Å²) in [4.78, 5) is 2.09. The van der Waals surface area contributed by atoms with Crippen LogP contribution in [0.2, 0.25) is 0 Å². The van der Waals surface area contributed by atoms with Crippen LogP contribution in [0.25, 0.3) is 16.0 Å². The van der Waals surface area contributed by atoms with Gasteiger partial charge in [0.05, 0.1) is 0 Å². The molecule has 0 atom stereocenters. The second-order valence-corrected chi connectivity index (χ2v) is 7.88. The van der Waals surface area contributed by atoms with Crippen molar-refractivity contribution in [2.75, 3.05) is 0 Å². The van der Waals surface area contributed by atoms with Crippen molar-refractivity contribution in [1.29, 1.82) is 5.26 Å². The topological polar surface area (TPSA) is 23.8 Å². The lowest BCUT2D eigenvalue weighted by molar-refractivity contribution is 1.45. The van der Waals surface area contributed by atoms with E-state index in [0.29, 0.717) is 0 Å². The summed E-state index contributed by atoms with van der Waals surface area (Å²) in [5.41, 5.74) is 3.42. The molecule has 0 amide bonds. The van der Waals surface area contributed by atoms with Crippen molar-refractivity contribution < 1.29 is 0 Å². The Hall–Kier alpha value is -1.93. The van der Waals surface area contributed by atoms with Gasteiger partial charge in [0.1, 0.15) is 5.40 Å². The second kappa shape index (κ2) is 8.96. The number of thiocyanates is 1. The molecule has 0 N–H and O–H groups in total. The summed E-state index contributed by atoms with van der Waals surface area (Å²) in [5, 5.41) is 13.3. The van der Waals surface area contributed by atoms with E-state index in [1.165, 1.54) is 22.9 Å². The Kier molecular flexibility index (Phi) is 6.41. The zero-order valence-corrected chi connectivity index (χ0v) is 16.4. The van der Waals surface area contributed by atoms with Gasteiger partial charge >= 0.3 is 0 Å². The van der Waals surface area contributed by atoms with Crippen LogP contribution in [0.3, 0.4) is 0 Å². The minimum atomic E-state index is 0.954. The van der Waals surface area contributed by atoms with Crippen molar-refractivity contribution >= 4 is 44.4 Å². The first-order valence-electron chi connectivity index (χ1n) is 7.60. The van der Waals surface area contributed by atoms with E-state index in [1.54, 1.807) is 11.8 Å². The van der Waals surface area contributed by atoms with Gasteiger partial charge in [-0.25, -0.2) is 0 Å². The van der Waals surface area contributed by atoms with Crippen LogP contribution in [0.5, 0.6) is 0 Å². The van der Waals surface area contributed by atoms with Crippen LogP contribution in [0, 0.1) is 10.7 Å². The molecular weight excluding hydrogens is 410 g/mol. The van der Waals surface area contributed by atoms with E-state index >= 15 is 0 Å². The molecule has 0 radical (unpaired) electrons. The average Bonchev–Trinajstić information content (AvgIpc) is 2.67. The van der Waals surface area contributed by atoms with Crippen LogP contribution in [0.1, 0.15) is 5.56 Å². The van der Waals surface area contributed by atoms with E-state index in [9.17, 15) is 0 Å². The summed E-state index contributed by atoms with van der Waals surface area (Å²) in [6, 6.07) is 26.8. The molecule has 3 aromatic carbocycles. The van der Waals surface area contributed by atoms with E-state index < -0.39 is 0 Å². The molecule has 0 saturated heterocycles. The number of halogens is 1. The first kappa shape index (κ1) is 17.9. The van der Waals surface area contributed by atoms with E-state index in [4.69, 9.17) is 5.26 Å². The van der Waals surface area contributed by atoms with Crippen molar-refractivity contribution in [1.82, 2.24) is 0 Å². The molecule has 0 heterocycles. The Morgan fingerprint density at radius 1 is 0.840 bits per heavy atom. The van der Waals surface area contributed by atoms with Crippen LogP contribution < -0.4 is 0 Å². The Morgan fingerprint density at radius 2 is 1.48 bits per heavy atom. The van der Waals surface area contributed by atoms with Gasteiger partial charge < -0.3 is 0 Å². The van der Waals surface area contributed by atoms with E-state index in [1.807, 2.05) is 35.7 Å². The van der Waals surface area contributed by atoms with Gasteiger partial charge in [0.2, 0.25) is 0 Å². The number of thioether (sulfide) groups is 2. The van der Waals surface area contributed by atoms with Gasteiger partial charge in [-0.15, -0.1) is 0 Å². The summed E-state index contributed by atoms with van der Waals surface area (Å²) in [5.74, 6) is 0. The van der Waals surface area contributed by atoms with Gasteiger partial charge in [0.25, 0.3) is 0 Å². The van der Waals surface area contributed by atoms with Gasteiger partial charge in [-0.2, -0.15) is 5.26 Å². The second-order valence-electron chi connectivity index (χ2n) is 5.19. The smallest absolute Gasteiger partial charge is 0.138 e. The molecule has 0 bridgehead atoms. The van der Waals surface area contributed by atoms with Crippen molar-refractivity contribution in [3.8, 4) is 16.5 Å². The Morgan fingerprint density at radius 3 is 2.12 bits per heavy atom. The van der Waals surface area contributed by atoms with E-state index in [2.05, 4.69) is 69.9 Å². The Labute approximate surface area is 164 Å². The van der Waals surface area contributed by atoms with Gasteiger partial charge in [0.15, 0.2) is 0 Å². The number of benzene rings is 3. The fourth-order valence-electron chi connectivity index (χ4n) is 2.29. The molecule has 0 spiro atoms. The maximum Gasteiger partial charge on any atom is 0.138 e. The number of hydrogen-bond donors (Lipinski definition) is 0. The monoisotopic (exact) mass is 423 g/mol. The van der Waals surface area contributed by atoms with Gasteiger partial charge in [-0.3, -0.25) is 0 Å². The fraction of sp³-hybridized carbons (Fsp3) is 0. The molecule has 122 valence electrons. The zero-order chi connectivity index (χ0) is 17.5. The Balaban J connectivity index is 1.81. The number of nitriles is 1. The first-order chi connectivity index (χ1) is 12.3. The molecule has 0 aliphatic rings. The summed E-state index contributed by atoms with van der Waals surface area (Å²) in [6.07, 6.45) is 0. The summed E-state index contributed by atoms with van der Waals surface area (Å²) < 4.78 is 1.06. The van der Waals surface area contributed by atoms with E-state index in [0.717, 1.165) is 19.8 Å². The third-order valence-electron chi connectivity index (χ3n) is 3.55. The molecule has 3 aromatic rings. The molecule has 1 nitrogen and oxygen atoms in total. The summed E-state index contributed by atoms with van der Waals surface area (Å²) >= 11 is 6.25. The largest absolute Gasteiger partial charge is 0.185 e. The molecule has 0 unspecified atom stereocenters. The molecule has 3 rings (SSSR count). The van der Waals surface area contributed by atoms with Crippen molar-refractivity contribution in [2.24, 2.45) is 0 Å². The molecular formula is C21H14BrNS2. The highest BCUT2D eigenvalue weighted by molar-refractivity contribution is 9.10. The average molecular weight is 424 g/mol. The molecule has 0 aromatic heterocycles. The predicted octanol–water partition coefficient (Wildman–Crippen LogP) is 7.42. The van der Waals surface area contributed by atoms with Crippen LogP contribution in [0.15, 0.2) is 93.6 Å². The fourth-order valence-corrected chi connectivity index (χ4v) is 3.92. The lowest BCUT2D eigenvalue weighted by atomic mass is 10.0. The van der Waals surface area contributed by atoms with Crippen molar-refractivity contribution in [3.05, 3.63) is 94.3 Å². The minimum absolute atomic E-state index is 0.954. The SMILES string of the molecule is N#CS/C(=C/Sc1ccc(Br)cc1)c1ccc(-c2ccccc2)cc1. The summed E-state index contributed by atoms with van der Waals surface area (Å²) in [7, 11) is 0. The number of rotatable bonds is 5. The normalized spacial score (nSPS) is 11.1. The number of hydrogen-bond acceptors (Lipinski definition) is 3. The van der Waals surface area contributed by atoms with Crippen LogP contribution in [0.4, 0.5) is 0 Å². The van der Waals surface area contributed by atoms with Gasteiger partial charge in [0, 0.05) is 14.3 Å². The highest BCUT2D eigenvalue weighted by atomic mass is 79.9. The molecule has 0 aliphatic carbocycles.